The molecular weight excluding hydrogens is 176 g/mol. The van der Waals surface area contributed by atoms with Crippen molar-refractivity contribution in [3.05, 3.63) is 0 Å². The molecule has 14 heavy (non-hydrogen) atoms. The van der Waals surface area contributed by atoms with Crippen LogP contribution in [0.15, 0.2) is 0 Å². The second-order valence-electron chi connectivity index (χ2n) is 4.84. The molecule has 1 aliphatic rings. The molecule has 1 heterocycles. The smallest absolute Gasteiger partial charge is 0.228 e. The third-order valence-electron chi connectivity index (χ3n) is 3.12. The first kappa shape index (κ1) is 11.5. The molecule has 1 saturated heterocycles. The lowest BCUT2D eigenvalue weighted by Crippen LogP contribution is -2.54. The zero-order valence-electron chi connectivity index (χ0n) is 9.76. The van der Waals surface area contributed by atoms with Crippen LogP contribution in [0.25, 0.3) is 0 Å². The Morgan fingerprint density at radius 2 is 2.21 bits per heavy atom. The molecule has 82 valence electrons. The SMILES string of the molecule is CCC(C)(C)C(=O)N1CCN[C@@H](C)C1. The number of nitrogens with one attached hydrogen (secondary N) is 1. The topological polar surface area (TPSA) is 32.3 Å². The molecule has 1 rings (SSSR count). The molecule has 0 aromatic carbocycles. The number of nitrogens with zero attached hydrogens (tertiary/aromatic N) is 1. The molecule has 0 unspecified atom stereocenters. The molecule has 0 radical (unpaired) electrons. The van der Waals surface area contributed by atoms with Gasteiger partial charge in [-0.2, -0.15) is 0 Å². The van der Waals surface area contributed by atoms with Crippen molar-refractivity contribution in [2.75, 3.05) is 19.6 Å². The van der Waals surface area contributed by atoms with E-state index in [9.17, 15) is 4.79 Å². The van der Waals surface area contributed by atoms with Crippen LogP contribution in [0.2, 0.25) is 0 Å². The predicted molar refractivity (Wildman–Crippen MR) is 58.1 cm³/mol. The van der Waals surface area contributed by atoms with Crippen molar-refractivity contribution < 1.29 is 4.79 Å². The fraction of sp³-hybridized carbons (Fsp3) is 0.909. The Balaban J connectivity index is 2.60. The lowest BCUT2D eigenvalue weighted by molar-refractivity contribution is -0.141. The maximum absolute atomic E-state index is 12.1. The zero-order valence-corrected chi connectivity index (χ0v) is 9.76. The Hall–Kier alpha value is -0.570. The number of carbonyl (C=O) groups excluding carboxylic acids is 1. The van der Waals surface area contributed by atoms with E-state index in [-0.39, 0.29) is 5.41 Å². The van der Waals surface area contributed by atoms with Crippen molar-refractivity contribution in [1.29, 1.82) is 0 Å². The Labute approximate surface area is 86.9 Å². The Morgan fingerprint density at radius 1 is 1.57 bits per heavy atom. The molecule has 0 aliphatic carbocycles. The van der Waals surface area contributed by atoms with Gasteiger partial charge < -0.3 is 10.2 Å². The van der Waals surface area contributed by atoms with Gasteiger partial charge in [0.15, 0.2) is 0 Å². The Morgan fingerprint density at radius 3 is 2.71 bits per heavy atom. The second-order valence-corrected chi connectivity index (χ2v) is 4.84. The van der Waals surface area contributed by atoms with Gasteiger partial charge in [-0.25, -0.2) is 0 Å². The van der Waals surface area contributed by atoms with Gasteiger partial charge in [0.2, 0.25) is 5.91 Å². The highest BCUT2D eigenvalue weighted by Crippen LogP contribution is 2.23. The molecule has 0 bridgehead atoms. The van der Waals surface area contributed by atoms with Gasteiger partial charge in [0.25, 0.3) is 0 Å². The molecule has 3 nitrogen and oxygen atoms in total. The number of rotatable bonds is 2. The average Bonchev–Trinajstić information content (AvgIpc) is 2.16. The summed E-state index contributed by atoms with van der Waals surface area (Å²) in [6.07, 6.45) is 0.907. The first-order valence-corrected chi connectivity index (χ1v) is 5.50. The van der Waals surface area contributed by atoms with Gasteiger partial charge in [0.1, 0.15) is 0 Å². The lowest BCUT2D eigenvalue weighted by atomic mass is 9.88. The zero-order chi connectivity index (χ0) is 10.8. The van der Waals surface area contributed by atoms with Crippen molar-refractivity contribution >= 4 is 5.91 Å². The summed E-state index contributed by atoms with van der Waals surface area (Å²) in [7, 11) is 0. The van der Waals surface area contributed by atoms with Crippen molar-refractivity contribution in [3.8, 4) is 0 Å². The third kappa shape index (κ3) is 2.47. The monoisotopic (exact) mass is 198 g/mol. The van der Waals surface area contributed by atoms with Gasteiger partial charge in [-0.15, -0.1) is 0 Å². The number of amides is 1. The van der Waals surface area contributed by atoms with Crippen LogP contribution in [0.5, 0.6) is 0 Å². The molecule has 1 aliphatic heterocycles. The first-order chi connectivity index (χ1) is 6.47. The summed E-state index contributed by atoms with van der Waals surface area (Å²) in [6.45, 7) is 10.9. The van der Waals surface area contributed by atoms with E-state index in [0.717, 1.165) is 26.1 Å². The summed E-state index contributed by atoms with van der Waals surface area (Å²) in [5, 5.41) is 3.34. The van der Waals surface area contributed by atoms with E-state index in [1.807, 2.05) is 18.7 Å². The molecule has 0 spiro atoms. The summed E-state index contributed by atoms with van der Waals surface area (Å²) in [6, 6.07) is 0.431. The molecule has 1 atom stereocenters. The third-order valence-corrected chi connectivity index (χ3v) is 3.12. The first-order valence-electron chi connectivity index (χ1n) is 5.50. The molecule has 0 aromatic heterocycles. The van der Waals surface area contributed by atoms with Crippen LogP contribution in [0.1, 0.15) is 34.1 Å². The summed E-state index contributed by atoms with van der Waals surface area (Å²) in [5.41, 5.74) is -0.197. The fourth-order valence-electron chi connectivity index (χ4n) is 1.70. The van der Waals surface area contributed by atoms with Crippen LogP contribution in [0.4, 0.5) is 0 Å². The van der Waals surface area contributed by atoms with Crippen LogP contribution in [-0.2, 0) is 4.79 Å². The van der Waals surface area contributed by atoms with Gasteiger partial charge in [-0.05, 0) is 13.3 Å². The van der Waals surface area contributed by atoms with Crippen LogP contribution < -0.4 is 5.32 Å². The van der Waals surface area contributed by atoms with Crippen molar-refractivity contribution in [2.45, 2.75) is 40.2 Å². The van der Waals surface area contributed by atoms with E-state index in [0.29, 0.717) is 11.9 Å². The summed E-state index contributed by atoms with van der Waals surface area (Å²) < 4.78 is 0. The highest BCUT2D eigenvalue weighted by atomic mass is 16.2. The molecular formula is C11H22N2O. The molecule has 0 saturated carbocycles. The van der Waals surface area contributed by atoms with Crippen molar-refractivity contribution in [3.63, 3.8) is 0 Å². The largest absolute Gasteiger partial charge is 0.339 e. The number of hydrogen-bond donors (Lipinski definition) is 1. The molecule has 1 amide bonds. The van der Waals surface area contributed by atoms with E-state index in [1.54, 1.807) is 0 Å². The summed E-state index contributed by atoms with van der Waals surface area (Å²) in [5.74, 6) is 0.299. The van der Waals surface area contributed by atoms with E-state index >= 15 is 0 Å². The second kappa shape index (κ2) is 4.30. The Bertz CT molecular complexity index is 213. The highest BCUT2D eigenvalue weighted by Gasteiger charge is 2.31. The standard InChI is InChI=1S/C11H22N2O/c1-5-11(3,4)10(14)13-7-6-12-9(2)8-13/h9,12H,5-8H2,1-4H3/t9-/m0/s1. The number of piperazine rings is 1. The van der Waals surface area contributed by atoms with E-state index < -0.39 is 0 Å². The molecule has 0 aromatic rings. The average molecular weight is 198 g/mol. The van der Waals surface area contributed by atoms with Gasteiger partial charge >= 0.3 is 0 Å². The Kier molecular flexibility index (Phi) is 3.53. The minimum absolute atomic E-state index is 0.197. The minimum Gasteiger partial charge on any atom is -0.339 e. The molecule has 3 heteroatoms. The van der Waals surface area contributed by atoms with Gasteiger partial charge in [-0.3, -0.25) is 4.79 Å². The summed E-state index contributed by atoms with van der Waals surface area (Å²) >= 11 is 0. The van der Waals surface area contributed by atoms with Gasteiger partial charge in [0.05, 0.1) is 0 Å². The van der Waals surface area contributed by atoms with E-state index in [2.05, 4.69) is 19.2 Å². The molecule has 1 fully saturated rings. The predicted octanol–water partition coefficient (Wildman–Crippen LogP) is 1.24. The van der Waals surface area contributed by atoms with E-state index in [4.69, 9.17) is 0 Å². The maximum Gasteiger partial charge on any atom is 0.228 e. The number of hydrogen-bond acceptors (Lipinski definition) is 2. The lowest BCUT2D eigenvalue weighted by Gasteiger charge is -2.36. The van der Waals surface area contributed by atoms with Crippen LogP contribution in [0, 0.1) is 5.41 Å². The van der Waals surface area contributed by atoms with Crippen LogP contribution in [0.3, 0.4) is 0 Å². The van der Waals surface area contributed by atoms with Crippen molar-refractivity contribution in [2.24, 2.45) is 5.41 Å². The minimum atomic E-state index is -0.197. The maximum atomic E-state index is 12.1. The van der Waals surface area contributed by atoms with E-state index in [1.165, 1.54) is 0 Å². The molecule has 1 N–H and O–H groups in total. The van der Waals surface area contributed by atoms with Crippen LogP contribution in [-0.4, -0.2) is 36.5 Å². The quantitative estimate of drug-likeness (QED) is 0.724. The van der Waals surface area contributed by atoms with Gasteiger partial charge in [0, 0.05) is 31.1 Å². The highest BCUT2D eigenvalue weighted by molar-refractivity contribution is 5.82. The summed E-state index contributed by atoms with van der Waals surface area (Å²) in [4.78, 5) is 14.1. The van der Waals surface area contributed by atoms with Crippen molar-refractivity contribution in [1.82, 2.24) is 10.2 Å². The number of carbonyl (C=O) groups is 1. The normalized spacial score (nSPS) is 23.7. The van der Waals surface area contributed by atoms with Gasteiger partial charge in [-0.1, -0.05) is 20.8 Å². The van der Waals surface area contributed by atoms with Crippen LogP contribution >= 0.6 is 0 Å². The fourth-order valence-corrected chi connectivity index (χ4v) is 1.70.